The third-order valence-electron chi connectivity index (χ3n) is 4.31. The summed E-state index contributed by atoms with van der Waals surface area (Å²) in [6.07, 6.45) is 0. The van der Waals surface area contributed by atoms with E-state index in [2.05, 4.69) is 110 Å². The van der Waals surface area contributed by atoms with Gasteiger partial charge in [0.1, 0.15) is 0 Å². The molecule has 0 nitrogen and oxygen atoms in total. The van der Waals surface area contributed by atoms with Gasteiger partial charge in [-0.15, -0.1) is 72.5 Å². The largest absolute Gasteiger partial charge is 4.00 e. The van der Waals surface area contributed by atoms with Crippen LogP contribution in [0.5, 0.6) is 0 Å². The Morgan fingerprint density at radius 3 is 1.09 bits per heavy atom. The van der Waals surface area contributed by atoms with E-state index >= 15 is 0 Å². The van der Waals surface area contributed by atoms with Gasteiger partial charge in [-0.05, 0) is 0 Å². The molecule has 0 spiro atoms. The summed E-state index contributed by atoms with van der Waals surface area (Å²) >= 11 is 0. The average molecular weight is 591 g/mol. The Labute approximate surface area is 217 Å². The normalized spacial score (nSPS) is 8.61. The molecule has 6 aromatic carbocycles. The van der Waals surface area contributed by atoms with Crippen molar-refractivity contribution in [3.05, 3.63) is 171 Å². The van der Waals surface area contributed by atoms with Crippen LogP contribution in [0.1, 0.15) is 0 Å². The Morgan fingerprint density at radius 2 is 0.818 bits per heavy atom. The zero-order chi connectivity index (χ0) is 22.7. The van der Waals surface area contributed by atoms with E-state index < -0.39 is 0 Å². The Bertz CT molecular complexity index is 989. The monoisotopic (exact) mass is 592 g/mol. The predicted molar refractivity (Wildman–Crippen MR) is 141 cm³/mol. The van der Waals surface area contributed by atoms with Crippen molar-refractivity contribution in [1.82, 2.24) is 0 Å². The van der Waals surface area contributed by atoms with Crippen molar-refractivity contribution in [2.75, 3.05) is 0 Å². The molecule has 33 heavy (non-hydrogen) atoms. The van der Waals surface area contributed by atoms with Gasteiger partial charge < -0.3 is 0 Å². The smallest absolute Gasteiger partial charge is 0.184 e. The first-order chi connectivity index (χ1) is 15.9. The fourth-order valence-corrected chi connectivity index (χ4v) is 2.82. The van der Waals surface area contributed by atoms with Crippen molar-refractivity contribution in [2.24, 2.45) is 0 Å². The van der Waals surface area contributed by atoms with Crippen LogP contribution in [0.25, 0.3) is 21.5 Å². The first-order valence-electron chi connectivity index (χ1n) is 10.5. The van der Waals surface area contributed by atoms with Crippen LogP contribution in [-0.2, 0) is 25.8 Å². The topological polar surface area (TPSA) is 0 Å². The van der Waals surface area contributed by atoms with Gasteiger partial charge in [-0.3, -0.25) is 0 Å². The molecule has 1 heteroatoms. The van der Waals surface area contributed by atoms with Gasteiger partial charge in [0.2, 0.25) is 0 Å². The number of hydrogen-bond donors (Lipinski definition) is 0. The summed E-state index contributed by atoms with van der Waals surface area (Å²) in [5.74, 6) is 0. The number of benzene rings is 4. The van der Waals surface area contributed by atoms with Crippen molar-refractivity contribution in [2.45, 2.75) is 0 Å². The molecule has 0 fully saturated rings. The van der Waals surface area contributed by atoms with E-state index in [1.54, 1.807) is 0 Å². The van der Waals surface area contributed by atoms with Crippen LogP contribution in [0.15, 0.2) is 159 Å². The number of rotatable bonds is 0. The van der Waals surface area contributed by atoms with Gasteiger partial charge in [0.15, 0.2) is 0 Å². The molecule has 6 rings (SSSR count). The quantitative estimate of drug-likeness (QED) is 0.0941. The molecule has 0 aromatic heterocycles. The molecule has 0 saturated carbocycles. The molecule has 6 aromatic rings. The second-order valence-corrected chi connectivity index (χ2v) is 6.46. The van der Waals surface area contributed by atoms with Crippen LogP contribution in [-0.4, -0.2) is 0 Å². The van der Waals surface area contributed by atoms with Crippen molar-refractivity contribution < 1.29 is 25.8 Å². The van der Waals surface area contributed by atoms with Crippen LogP contribution in [0.3, 0.4) is 0 Å². The summed E-state index contributed by atoms with van der Waals surface area (Å²) in [6.45, 7) is 6.00. The molecular formula is C32H28Hf. The van der Waals surface area contributed by atoms with Gasteiger partial charge in [-0.2, -0.15) is 108 Å². The Morgan fingerprint density at radius 1 is 0.455 bits per heavy atom. The van der Waals surface area contributed by atoms with E-state index in [1.165, 1.54) is 21.5 Å². The molecule has 0 amide bonds. The summed E-state index contributed by atoms with van der Waals surface area (Å²) in [6, 6.07) is 54.3. The second-order valence-electron chi connectivity index (χ2n) is 6.46. The summed E-state index contributed by atoms with van der Waals surface area (Å²) in [7, 11) is 0. The third-order valence-corrected chi connectivity index (χ3v) is 4.31. The Kier molecular flexibility index (Phi) is 15.4. The maximum atomic E-state index is 3.00. The van der Waals surface area contributed by atoms with E-state index in [4.69, 9.17) is 0 Å². The molecule has 0 aliphatic rings. The predicted octanol–water partition coefficient (Wildman–Crippen LogP) is 8.89. The minimum absolute atomic E-state index is 0. The van der Waals surface area contributed by atoms with Crippen LogP contribution < -0.4 is 0 Å². The standard InChI is InChI=1S/2C9H7.2C6H5.C2H4.Hf/c2*1-2-5-9-7-3-6-8(9)4-1;2*1-2-4-6-5-3-1;1-2;/h2*1-7H;2*1-5H;1-2H2;/q4*-1;;+4. The van der Waals surface area contributed by atoms with Crippen molar-refractivity contribution in [3.8, 4) is 0 Å². The molecule has 0 N–H and O–H groups in total. The average Bonchev–Trinajstić information content (AvgIpc) is 3.58. The fraction of sp³-hybridized carbons (Fsp3) is 0. The van der Waals surface area contributed by atoms with E-state index in [0.29, 0.717) is 0 Å². The Hall–Kier alpha value is -3.29. The first kappa shape index (κ1) is 27.7. The maximum Gasteiger partial charge on any atom is 4.00 e. The third kappa shape index (κ3) is 11.2. The van der Waals surface area contributed by atoms with E-state index in [0.717, 1.165) is 0 Å². The van der Waals surface area contributed by atoms with E-state index in [9.17, 15) is 0 Å². The van der Waals surface area contributed by atoms with Crippen molar-refractivity contribution in [3.63, 3.8) is 0 Å². The van der Waals surface area contributed by atoms with Gasteiger partial charge in [-0.25, -0.2) is 0 Å². The minimum Gasteiger partial charge on any atom is -0.184 e. The molecule has 0 aliphatic carbocycles. The molecule has 0 saturated heterocycles. The molecular weight excluding hydrogens is 563 g/mol. The van der Waals surface area contributed by atoms with Crippen LogP contribution in [0.4, 0.5) is 0 Å². The van der Waals surface area contributed by atoms with Crippen LogP contribution in [0, 0.1) is 12.1 Å². The van der Waals surface area contributed by atoms with Gasteiger partial charge >= 0.3 is 25.8 Å². The first-order valence-corrected chi connectivity index (χ1v) is 10.5. The van der Waals surface area contributed by atoms with E-state index in [-0.39, 0.29) is 25.8 Å². The summed E-state index contributed by atoms with van der Waals surface area (Å²) < 4.78 is 0. The zero-order valence-electron chi connectivity index (χ0n) is 18.8. The molecule has 160 valence electrons. The molecule has 0 unspecified atom stereocenters. The maximum absolute atomic E-state index is 3.00. The van der Waals surface area contributed by atoms with E-state index in [1.807, 2.05) is 60.7 Å². The number of hydrogen-bond acceptors (Lipinski definition) is 0. The van der Waals surface area contributed by atoms with Gasteiger partial charge in [0, 0.05) is 0 Å². The molecule has 0 aliphatic heterocycles. The summed E-state index contributed by atoms with van der Waals surface area (Å²) in [4.78, 5) is 0. The summed E-state index contributed by atoms with van der Waals surface area (Å²) in [5.41, 5.74) is 0. The van der Waals surface area contributed by atoms with Gasteiger partial charge in [0.25, 0.3) is 0 Å². The minimum atomic E-state index is 0. The molecule has 0 heterocycles. The van der Waals surface area contributed by atoms with Crippen molar-refractivity contribution >= 4 is 21.5 Å². The Balaban J connectivity index is 0.000000216. The zero-order valence-corrected chi connectivity index (χ0v) is 22.4. The van der Waals surface area contributed by atoms with Crippen LogP contribution in [0.2, 0.25) is 0 Å². The molecule has 0 radical (unpaired) electrons. The van der Waals surface area contributed by atoms with Crippen LogP contribution >= 0.6 is 0 Å². The van der Waals surface area contributed by atoms with Crippen molar-refractivity contribution in [1.29, 1.82) is 0 Å². The van der Waals surface area contributed by atoms with Gasteiger partial charge in [-0.1, -0.05) is 12.1 Å². The number of fused-ring (bicyclic) bond motifs is 2. The molecule has 0 atom stereocenters. The van der Waals surface area contributed by atoms with Gasteiger partial charge in [0.05, 0.1) is 0 Å². The summed E-state index contributed by atoms with van der Waals surface area (Å²) in [5, 5.41) is 5.32. The SMILES string of the molecule is C=C.[Hf+4].[c-]1ccccc1.[c-]1ccccc1.c1ccc2[cH-]ccc2c1.c1ccc2[cH-]ccc2c1. The fourth-order valence-electron chi connectivity index (χ4n) is 2.82. The second kappa shape index (κ2) is 18.3. The molecule has 0 bridgehead atoms.